The van der Waals surface area contributed by atoms with E-state index in [2.05, 4.69) is 34.0 Å². The summed E-state index contributed by atoms with van der Waals surface area (Å²) < 4.78 is 0. The number of aromatic carboxylic acids is 1. The minimum absolute atomic E-state index is 0.251. The highest BCUT2D eigenvalue weighted by atomic mass is 16.4. The predicted molar refractivity (Wildman–Crippen MR) is 82.7 cm³/mol. The molecule has 0 aliphatic carbocycles. The molecular weight excluding hydrogens is 266 g/mol. The molecule has 0 unspecified atom stereocenters. The van der Waals surface area contributed by atoms with E-state index in [0.717, 1.165) is 30.3 Å². The summed E-state index contributed by atoms with van der Waals surface area (Å²) in [6.07, 6.45) is 0. The summed E-state index contributed by atoms with van der Waals surface area (Å²) in [6.45, 7) is 3.46. The first kappa shape index (κ1) is 13.4. The molecule has 1 aliphatic rings. The van der Waals surface area contributed by atoms with Crippen molar-refractivity contribution in [3.05, 3.63) is 47.7 Å². The average Bonchev–Trinajstić information content (AvgIpc) is 2.47. The summed E-state index contributed by atoms with van der Waals surface area (Å²) in [7, 11) is 2.07. The maximum Gasteiger partial charge on any atom is 0.337 e. The molecule has 1 aliphatic heterocycles. The molecule has 0 radical (unpaired) electrons. The van der Waals surface area contributed by atoms with Gasteiger partial charge in [-0.1, -0.05) is 12.1 Å². The second-order valence-electron chi connectivity index (χ2n) is 5.17. The van der Waals surface area contributed by atoms with Crippen molar-refractivity contribution in [3.8, 4) is 0 Å². The first-order valence-electron chi connectivity index (χ1n) is 6.86. The summed E-state index contributed by atoms with van der Waals surface area (Å²) in [5.41, 5.74) is 3.05. The van der Waals surface area contributed by atoms with Crippen LogP contribution in [-0.2, 0) is 0 Å². The monoisotopic (exact) mass is 283 g/mol. The number of nitrogens with zero attached hydrogens (tertiary/aromatic N) is 3. The molecule has 0 bridgehead atoms. The summed E-state index contributed by atoms with van der Waals surface area (Å²) in [5, 5.41) is 9.10. The van der Waals surface area contributed by atoms with E-state index in [4.69, 9.17) is 5.11 Å². The van der Waals surface area contributed by atoms with Crippen LogP contribution in [0.3, 0.4) is 0 Å². The molecule has 3 rings (SSSR count). The van der Waals surface area contributed by atoms with Crippen LogP contribution in [0, 0.1) is 6.92 Å². The largest absolute Gasteiger partial charge is 0.478 e. The van der Waals surface area contributed by atoms with E-state index in [-0.39, 0.29) is 5.56 Å². The number of carbonyl (C=O) groups is 1. The number of carboxylic acids is 1. The van der Waals surface area contributed by atoms with Gasteiger partial charge in [0, 0.05) is 20.1 Å². The Morgan fingerprint density at radius 3 is 2.52 bits per heavy atom. The Bertz CT molecular complexity index is 700. The highest BCUT2D eigenvalue weighted by Gasteiger charge is 2.22. The molecule has 21 heavy (non-hydrogen) atoms. The molecule has 2 heterocycles. The Labute approximate surface area is 123 Å². The second kappa shape index (κ2) is 5.09. The number of rotatable bonds is 2. The molecule has 2 aromatic rings. The number of carboxylic acid groups (broad SMARTS) is 1. The molecule has 0 saturated carbocycles. The fourth-order valence-corrected chi connectivity index (χ4v) is 2.67. The maximum absolute atomic E-state index is 11.1. The number of benzene rings is 1. The van der Waals surface area contributed by atoms with Crippen LogP contribution in [0.25, 0.3) is 0 Å². The molecule has 5 nitrogen and oxygen atoms in total. The highest BCUT2D eigenvalue weighted by Crippen LogP contribution is 2.36. The second-order valence-corrected chi connectivity index (χ2v) is 5.17. The normalized spacial score (nSPS) is 14.0. The molecule has 1 aromatic carbocycles. The minimum atomic E-state index is -0.940. The molecule has 0 fully saturated rings. The van der Waals surface area contributed by atoms with Crippen LogP contribution < -0.4 is 9.80 Å². The molecule has 108 valence electrons. The number of para-hydroxylation sites is 2. The van der Waals surface area contributed by atoms with Crippen LogP contribution in [0.1, 0.15) is 16.1 Å². The molecule has 0 amide bonds. The number of pyridine rings is 1. The van der Waals surface area contributed by atoms with E-state index in [1.807, 2.05) is 12.1 Å². The summed E-state index contributed by atoms with van der Waals surface area (Å²) in [6, 6.07) is 11.6. The average molecular weight is 283 g/mol. The van der Waals surface area contributed by atoms with Gasteiger partial charge in [0.15, 0.2) is 0 Å². The van der Waals surface area contributed by atoms with Gasteiger partial charge in [0.25, 0.3) is 0 Å². The number of fused-ring (bicyclic) bond motifs is 1. The Kier molecular flexibility index (Phi) is 3.25. The van der Waals surface area contributed by atoms with Gasteiger partial charge in [0.2, 0.25) is 0 Å². The lowest BCUT2D eigenvalue weighted by Crippen LogP contribution is -2.36. The molecule has 1 N–H and O–H groups in total. The first-order valence-corrected chi connectivity index (χ1v) is 6.86. The molecule has 5 heteroatoms. The van der Waals surface area contributed by atoms with Crippen molar-refractivity contribution in [1.29, 1.82) is 0 Å². The Morgan fingerprint density at radius 1 is 1.14 bits per heavy atom. The van der Waals surface area contributed by atoms with Gasteiger partial charge in [-0.3, -0.25) is 0 Å². The minimum Gasteiger partial charge on any atom is -0.478 e. The van der Waals surface area contributed by atoms with Crippen molar-refractivity contribution in [1.82, 2.24) is 4.98 Å². The number of anilines is 3. The number of aromatic nitrogens is 1. The van der Waals surface area contributed by atoms with Gasteiger partial charge in [0.05, 0.1) is 22.6 Å². The lowest BCUT2D eigenvalue weighted by atomic mass is 10.1. The van der Waals surface area contributed by atoms with Gasteiger partial charge in [0.1, 0.15) is 5.82 Å². The van der Waals surface area contributed by atoms with Crippen molar-refractivity contribution in [2.75, 3.05) is 29.9 Å². The van der Waals surface area contributed by atoms with Crippen molar-refractivity contribution in [2.45, 2.75) is 6.92 Å². The summed E-state index contributed by atoms with van der Waals surface area (Å²) >= 11 is 0. The zero-order valence-electron chi connectivity index (χ0n) is 12.1. The first-order chi connectivity index (χ1) is 10.1. The summed E-state index contributed by atoms with van der Waals surface area (Å²) in [5.74, 6) is -0.150. The Hall–Kier alpha value is -2.56. The van der Waals surface area contributed by atoms with Crippen LogP contribution >= 0.6 is 0 Å². The van der Waals surface area contributed by atoms with E-state index in [1.54, 1.807) is 19.1 Å². The zero-order valence-corrected chi connectivity index (χ0v) is 12.1. The smallest absolute Gasteiger partial charge is 0.337 e. The van der Waals surface area contributed by atoms with Crippen LogP contribution in [0.15, 0.2) is 36.4 Å². The fourth-order valence-electron chi connectivity index (χ4n) is 2.67. The van der Waals surface area contributed by atoms with Gasteiger partial charge in [-0.2, -0.15) is 0 Å². The third-order valence-electron chi connectivity index (χ3n) is 3.82. The zero-order chi connectivity index (χ0) is 15.0. The number of hydrogen-bond acceptors (Lipinski definition) is 4. The van der Waals surface area contributed by atoms with Gasteiger partial charge in [-0.05, 0) is 31.2 Å². The molecular formula is C16H17N3O2. The molecule has 0 atom stereocenters. The lowest BCUT2D eigenvalue weighted by Gasteiger charge is -2.36. The quantitative estimate of drug-likeness (QED) is 0.918. The molecule has 0 spiro atoms. The predicted octanol–water partition coefficient (Wildman–Crippen LogP) is 2.68. The third kappa shape index (κ3) is 2.31. The van der Waals surface area contributed by atoms with Crippen molar-refractivity contribution >= 4 is 23.2 Å². The van der Waals surface area contributed by atoms with Gasteiger partial charge >= 0.3 is 5.97 Å². The van der Waals surface area contributed by atoms with Crippen molar-refractivity contribution < 1.29 is 9.90 Å². The van der Waals surface area contributed by atoms with Crippen molar-refractivity contribution in [2.24, 2.45) is 0 Å². The Balaban J connectivity index is 2.04. The number of hydrogen-bond donors (Lipinski definition) is 1. The SMILES string of the molecule is Cc1nc(N2CCN(C)c3ccccc32)ccc1C(=O)O. The summed E-state index contributed by atoms with van der Waals surface area (Å²) in [4.78, 5) is 19.9. The van der Waals surface area contributed by atoms with Crippen LogP contribution in [-0.4, -0.2) is 36.2 Å². The maximum atomic E-state index is 11.1. The van der Waals surface area contributed by atoms with E-state index in [0.29, 0.717) is 5.69 Å². The van der Waals surface area contributed by atoms with Gasteiger partial charge in [-0.25, -0.2) is 9.78 Å². The van der Waals surface area contributed by atoms with Crippen LogP contribution in [0.5, 0.6) is 0 Å². The van der Waals surface area contributed by atoms with Crippen LogP contribution in [0.2, 0.25) is 0 Å². The standard InChI is InChI=1S/C16H17N3O2/c1-11-12(16(20)21)7-8-15(17-11)19-10-9-18(2)13-5-3-4-6-14(13)19/h3-8H,9-10H2,1-2H3,(H,20,21). The number of likely N-dealkylation sites (N-methyl/N-ethyl adjacent to an activating group) is 1. The van der Waals surface area contributed by atoms with E-state index in [9.17, 15) is 4.79 Å². The van der Waals surface area contributed by atoms with Crippen LogP contribution in [0.4, 0.5) is 17.2 Å². The van der Waals surface area contributed by atoms with E-state index in [1.165, 1.54) is 0 Å². The number of aryl methyl sites for hydroxylation is 1. The van der Waals surface area contributed by atoms with Crippen molar-refractivity contribution in [3.63, 3.8) is 0 Å². The topological polar surface area (TPSA) is 56.7 Å². The van der Waals surface area contributed by atoms with Gasteiger partial charge < -0.3 is 14.9 Å². The molecule has 0 saturated heterocycles. The highest BCUT2D eigenvalue weighted by molar-refractivity contribution is 5.89. The third-order valence-corrected chi connectivity index (χ3v) is 3.82. The van der Waals surface area contributed by atoms with E-state index >= 15 is 0 Å². The lowest BCUT2D eigenvalue weighted by molar-refractivity contribution is 0.0695. The molecule has 1 aromatic heterocycles. The van der Waals surface area contributed by atoms with E-state index < -0.39 is 5.97 Å². The van der Waals surface area contributed by atoms with Gasteiger partial charge in [-0.15, -0.1) is 0 Å². The fraction of sp³-hybridized carbons (Fsp3) is 0.250. The Morgan fingerprint density at radius 2 is 1.86 bits per heavy atom.